The lowest BCUT2D eigenvalue weighted by Gasteiger charge is -2.06. The molecule has 1 aromatic heterocycles. The minimum atomic E-state index is -0.601. The molecule has 3 rings (SSSR count). The molecular formula is C18H14ClNO3. The summed E-state index contributed by atoms with van der Waals surface area (Å²) in [7, 11) is 0. The van der Waals surface area contributed by atoms with Crippen molar-refractivity contribution in [1.82, 2.24) is 0 Å². The average Bonchev–Trinajstić information content (AvgIpc) is 2.54. The Balaban J connectivity index is 1.71. The van der Waals surface area contributed by atoms with Crippen molar-refractivity contribution in [3.05, 3.63) is 75.6 Å². The molecule has 0 aliphatic heterocycles. The topological polar surface area (TPSA) is 59.3 Å². The van der Waals surface area contributed by atoms with Gasteiger partial charge in [0.15, 0.2) is 5.78 Å². The third kappa shape index (κ3) is 3.60. The highest BCUT2D eigenvalue weighted by atomic mass is 35.5. The molecule has 0 aliphatic carbocycles. The van der Waals surface area contributed by atoms with Gasteiger partial charge in [-0.1, -0.05) is 35.9 Å². The maximum atomic E-state index is 12.2. The Morgan fingerprint density at radius 3 is 2.74 bits per heavy atom. The van der Waals surface area contributed by atoms with Crippen molar-refractivity contribution >= 4 is 34.0 Å². The van der Waals surface area contributed by atoms with Crippen molar-refractivity contribution in [3.8, 4) is 0 Å². The smallest absolute Gasteiger partial charge is 0.347 e. The number of Topliss-reactive ketones (excluding diaryl/α,β-unsaturated/α-hetero) is 1. The van der Waals surface area contributed by atoms with Crippen LogP contribution in [0.5, 0.6) is 0 Å². The fourth-order valence-corrected chi connectivity index (χ4v) is 2.50. The first-order valence-electron chi connectivity index (χ1n) is 7.19. The lowest BCUT2D eigenvalue weighted by Crippen LogP contribution is -2.16. The van der Waals surface area contributed by atoms with Crippen molar-refractivity contribution in [2.75, 3.05) is 11.9 Å². The predicted molar refractivity (Wildman–Crippen MR) is 91.4 cm³/mol. The summed E-state index contributed by atoms with van der Waals surface area (Å²) in [6.07, 6.45) is 0.190. The Hall–Kier alpha value is -2.59. The van der Waals surface area contributed by atoms with Crippen LogP contribution in [0.15, 0.2) is 63.8 Å². The van der Waals surface area contributed by atoms with E-state index in [4.69, 9.17) is 16.0 Å². The average molecular weight is 328 g/mol. The summed E-state index contributed by atoms with van der Waals surface area (Å²) in [5, 5.41) is 4.46. The number of ketones is 1. The summed E-state index contributed by atoms with van der Waals surface area (Å²) in [6, 6.07) is 15.9. The van der Waals surface area contributed by atoms with Gasteiger partial charge in [-0.3, -0.25) is 4.79 Å². The van der Waals surface area contributed by atoms with Gasteiger partial charge in [0.05, 0.1) is 0 Å². The highest BCUT2D eigenvalue weighted by molar-refractivity contribution is 6.30. The van der Waals surface area contributed by atoms with Gasteiger partial charge in [0.25, 0.3) is 0 Å². The number of rotatable bonds is 5. The second-order valence-electron chi connectivity index (χ2n) is 5.10. The van der Waals surface area contributed by atoms with Crippen LogP contribution in [0, 0.1) is 0 Å². The van der Waals surface area contributed by atoms with Crippen LogP contribution in [-0.2, 0) is 0 Å². The Bertz CT molecular complexity index is 917. The SMILES string of the molecule is O=C(CCNc1cccc(Cl)c1)c1cc2ccccc2oc1=O. The zero-order valence-corrected chi connectivity index (χ0v) is 13.0. The molecule has 1 N–H and O–H groups in total. The molecule has 0 saturated heterocycles. The Labute approximate surface area is 137 Å². The third-order valence-electron chi connectivity index (χ3n) is 3.45. The zero-order valence-electron chi connectivity index (χ0n) is 12.2. The summed E-state index contributed by atoms with van der Waals surface area (Å²) >= 11 is 5.90. The Kier molecular flexibility index (Phi) is 4.44. The number of hydrogen-bond donors (Lipinski definition) is 1. The van der Waals surface area contributed by atoms with Gasteiger partial charge >= 0.3 is 5.63 Å². The number of nitrogens with one attached hydrogen (secondary N) is 1. The molecule has 0 amide bonds. The normalized spacial score (nSPS) is 10.7. The van der Waals surface area contributed by atoms with Crippen molar-refractivity contribution < 1.29 is 9.21 Å². The Morgan fingerprint density at radius 1 is 1.09 bits per heavy atom. The first-order chi connectivity index (χ1) is 11.1. The molecule has 5 heteroatoms. The van der Waals surface area contributed by atoms with Crippen molar-refractivity contribution in [2.24, 2.45) is 0 Å². The summed E-state index contributed by atoms with van der Waals surface area (Å²) in [6.45, 7) is 0.408. The van der Waals surface area contributed by atoms with Gasteiger partial charge in [-0.15, -0.1) is 0 Å². The van der Waals surface area contributed by atoms with Gasteiger partial charge in [-0.25, -0.2) is 4.79 Å². The van der Waals surface area contributed by atoms with E-state index >= 15 is 0 Å². The fraction of sp³-hybridized carbons (Fsp3) is 0.111. The van der Waals surface area contributed by atoms with Gasteiger partial charge in [0, 0.05) is 29.1 Å². The molecule has 3 aromatic rings. The summed E-state index contributed by atoms with van der Waals surface area (Å²) in [5.74, 6) is -0.251. The lowest BCUT2D eigenvalue weighted by molar-refractivity contribution is 0.0983. The van der Waals surface area contributed by atoms with E-state index < -0.39 is 5.63 Å². The summed E-state index contributed by atoms with van der Waals surface area (Å²) < 4.78 is 5.18. The molecule has 116 valence electrons. The van der Waals surface area contributed by atoms with Crippen LogP contribution in [0.25, 0.3) is 11.0 Å². The van der Waals surface area contributed by atoms with Crippen LogP contribution in [-0.4, -0.2) is 12.3 Å². The molecule has 0 atom stereocenters. The van der Waals surface area contributed by atoms with E-state index in [9.17, 15) is 9.59 Å². The lowest BCUT2D eigenvalue weighted by atomic mass is 10.1. The molecule has 0 saturated carbocycles. The molecule has 0 unspecified atom stereocenters. The minimum absolute atomic E-state index is 0.0802. The van der Waals surface area contributed by atoms with Gasteiger partial charge < -0.3 is 9.73 Å². The van der Waals surface area contributed by atoms with E-state index in [1.165, 1.54) is 0 Å². The number of halogens is 1. The first-order valence-corrected chi connectivity index (χ1v) is 7.57. The van der Waals surface area contributed by atoms with Gasteiger partial charge in [0.2, 0.25) is 0 Å². The van der Waals surface area contributed by atoms with Gasteiger partial charge in [-0.2, -0.15) is 0 Å². The monoisotopic (exact) mass is 327 g/mol. The third-order valence-corrected chi connectivity index (χ3v) is 3.68. The van der Waals surface area contributed by atoms with E-state index in [1.54, 1.807) is 36.4 Å². The molecule has 2 aromatic carbocycles. The fourth-order valence-electron chi connectivity index (χ4n) is 2.31. The molecule has 1 heterocycles. The molecule has 0 radical (unpaired) electrons. The highest BCUT2D eigenvalue weighted by Gasteiger charge is 2.13. The second kappa shape index (κ2) is 6.67. The van der Waals surface area contributed by atoms with Crippen molar-refractivity contribution in [1.29, 1.82) is 0 Å². The van der Waals surface area contributed by atoms with E-state index in [2.05, 4.69) is 5.32 Å². The van der Waals surface area contributed by atoms with Crippen LogP contribution in [0.1, 0.15) is 16.8 Å². The number of carbonyl (C=O) groups excluding carboxylic acids is 1. The molecule has 0 spiro atoms. The van der Waals surface area contributed by atoms with Crippen LogP contribution in [0.4, 0.5) is 5.69 Å². The number of fused-ring (bicyclic) bond motifs is 1. The maximum Gasteiger partial charge on any atom is 0.347 e. The van der Waals surface area contributed by atoms with Crippen LogP contribution >= 0.6 is 11.6 Å². The largest absolute Gasteiger partial charge is 0.422 e. The minimum Gasteiger partial charge on any atom is -0.422 e. The molecule has 0 aliphatic rings. The van der Waals surface area contributed by atoms with Crippen molar-refractivity contribution in [3.63, 3.8) is 0 Å². The standard InChI is InChI=1S/C18H14ClNO3/c19-13-5-3-6-14(11-13)20-9-8-16(21)15-10-12-4-1-2-7-17(12)23-18(15)22/h1-7,10-11,20H,8-9H2. The predicted octanol–water partition coefficient (Wildman–Crippen LogP) is 4.13. The molecule has 4 nitrogen and oxygen atoms in total. The van der Waals surface area contributed by atoms with E-state index in [-0.39, 0.29) is 17.8 Å². The molecular weight excluding hydrogens is 314 g/mol. The number of anilines is 1. The van der Waals surface area contributed by atoms with E-state index in [0.29, 0.717) is 17.2 Å². The van der Waals surface area contributed by atoms with Crippen LogP contribution in [0.3, 0.4) is 0 Å². The summed E-state index contributed by atoms with van der Waals surface area (Å²) in [5.41, 5.74) is 0.787. The number of para-hydroxylation sites is 1. The highest BCUT2D eigenvalue weighted by Crippen LogP contribution is 2.16. The van der Waals surface area contributed by atoms with Crippen molar-refractivity contribution in [2.45, 2.75) is 6.42 Å². The number of benzene rings is 2. The first kappa shape index (κ1) is 15.3. The van der Waals surface area contributed by atoms with Gasteiger partial charge in [0.1, 0.15) is 11.1 Å². The quantitative estimate of drug-likeness (QED) is 0.565. The molecule has 0 bridgehead atoms. The molecule has 23 heavy (non-hydrogen) atoms. The van der Waals surface area contributed by atoms with E-state index in [0.717, 1.165) is 11.1 Å². The zero-order chi connectivity index (χ0) is 16.2. The van der Waals surface area contributed by atoms with Crippen LogP contribution in [0.2, 0.25) is 5.02 Å². The van der Waals surface area contributed by atoms with Gasteiger partial charge in [-0.05, 0) is 30.3 Å². The second-order valence-corrected chi connectivity index (χ2v) is 5.53. The maximum absolute atomic E-state index is 12.2. The number of carbonyl (C=O) groups is 1. The molecule has 0 fully saturated rings. The Morgan fingerprint density at radius 2 is 1.91 bits per heavy atom. The number of hydrogen-bond acceptors (Lipinski definition) is 4. The summed E-state index contributed by atoms with van der Waals surface area (Å²) in [4.78, 5) is 24.2. The van der Waals surface area contributed by atoms with E-state index in [1.807, 2.05) is 18.2 Å². The van der Waals surface area contributed by atoms with Crippen LogP contribution < -0.4 is 10.9 Å².